The van der Waals surface area contributed by atoms with E-state index < -0.39 is 0 Å². The molecular weight excluding hydrogens is 214 g/mol. The van der Waals surface area contributed by atoms with Gasteiger partial charge in [0.2, 0.25) is 0 Å². The summed E-state index contributed by atoms with van der Waals surface area (Å²) in [5.74, 6) is 0.818. The van der Waals surface area contributed by atoms with Crippen molar-refractivity contribution in [2.75, 3.05) is 0 Å². The third-order valence-electron chi connectivity index (χ3n) is 2.04. The summed E-state index contributed by atoms with van der Waals surface area (Å²) in [6, 6.07) is 5.87. The smallest absolute Gasteiger partial charge is 0.155 e. The van der Waals surface area contributed by atoms with Crippen LogP contribution in [0.3, 0.4) is 0 Å². The lowest BCUT2D eigenvalue weighted by molar-refractivity contribution is 1.16. The lowest BCUT2D eigenvalue weighted by Gasteiger charge is -1.96. The van der Waals surface area contributed by atoms with Gasteiger partial charge in [-0.05, 0) is 19.1 Å². The van der Waals surface area contributed by atoms with Crippen molar-refractivity contribution < 1.29 is 0 Å². The predicted octanol–water partition coefficient (Wildman–Crippen LogP) is 2.19. The Kier molecular flexibility index (Phi) is 3.64. The second-order valence-corrected chi connectivity index (χ2v) is 3.36. The molecule has 0 radical (unpaired) electrons. The summed E-state index contributed by atoms with van der Waals surface area (Å²) < 4.78 is 0. The quantitative estimate of drug-likeness (QED) is 0.669. The molecule has 3 aromatic heterocycles. The maximum Gasteiger partial charge on any atom is 0.155 e. The van der Waals surface area contributed by atoms with Crippen molar-refractivity contribution in [1.82, 2.24) is 24.9 Å². The number of nitrogens with one attached hydrogen (secondary N) is 2. The van der Waals surface area contributed by atoms with Gasteiger partial charge in [-0.3, -0.25) is 0 Å². The molecule has 86 valence electrons. The summed E-state index contributed by atoms with van der Waals surface area (Å²) in [6.45, 7) is 1.96. The van der Waals surface area contributed by atoms with Crippen molar-refractivity contribution in [2.24, 2.45) is 0 Å². The van der Waals surface area contributed by atoms with E-state index >= 15 is 0 Å². The number of H-pyrrole nitrogens is 2. The molecule has 5 heteroatoms. The fraction of sp³-hybridized carbons (Fsp3) is 0.0833. The lowest BCUT2D eigenvalue weighted by atomic mass is 10.3. The minimum absolute atomic E-state index is 0.818. The molecule has 5 nitrogen and oxygen atoms in total. The van der Waals surface area contributed by atoms with Gasteiger partial charge < -0.3 is 9.97 Å². The zero-order chi connectivity index (χ0) is 11.9. The van der Waals surface area contributed by atoms with E-state index in [-0.39, 0.29) is 0 Å². The molecule has 3 rings (SSSR count). The summed E-state index contributed by atoms with van der Waals surface area (Å²) in [5, 5.41) is 0. The monoisotopic (exact) mass is 227 g/mol. The molecular formula is C12H13N5. The molecule has 17 heavy (non-hydrogen) atoms. The fourth-order valence-electron chi connectivity index (χ4n) is 1.30. The second kappa shape index (κ2) is 5.60. The van der Waals surface area contributed by atoms with Crippen molar-refractivity contribution in [3.05, 3.63) is 55.0 Å². The third-order valence-corrected chi connectivity index (χ3v) is 2.04. The number of hydrogen-bond acceptors (Lipinski definition) is 3. The van der Waals surface area contributed by atoms with Crippen LogP contribution in [0.2, 0.25) is 0 Å². The molecule has 0 aromatic carbocycles. The van der Waals surface area contributed by atoms with Gasteiger partial charge in [-0.25, -0.2) is 15.0 Å². The fourth-order valence-corrected chi connectivity index (χ4v) is 1.30. The molecule has 0 unspecified atom stereocenters. The van der Waals surface area contributed by atoms with E-state index in [2.05, 4.69) is 24.9 Å². The van der Waals surface area contributed by atoms with Crippen molar-refractivity contribution >= 4 is 0 Å². The van der Waals surface area contributed by atoms with Gasteiger partial charge in [0.05, 0.1) is 6.33 Å². The van der Waals surface area contributed by atoms with Crippen molar-refractivity contribution in [2.45, 2.75) is 6.92 Å². The van der Waals surface area contributed by atoms with E-state index in [1.165, 1.54) is 0 Å². The standard InChI is InChI=1S/C9H9N3.C3H4N2/c1-7-3-2-4-8(12-7)9-10-5-6-11-9;1-2-5-3-4-1/h2-6H,1H3,(H,10,11);1-3H,(H,4,5). The van der Waals surface area contributed by atoms with Crippen LogP contribution in [0.4, 0.5) is 0 Å². The summed E-state index contributed by atoms with van der Waals surface area (Å²) in [6.07, 6.45) is 8.60. The average molecular weight is 227 g/mol. The van der Waals surface area contributed by atoms with Crippen LogP contribution in [0.5, 0.6) is 0 Å². The molecule has 0 saturated heterocycles. The third kappa shape index (κ3) is 3.27. The minimum atomic E-state index is 0.818. The molecule has 3 heterocycles. The molecule has 0 atom stereocenters. The Morgan fingerprint density at radius 1 is 1.12 bits per heavy atom. The predicted molar refractivity (Wildman–Crippen MR) is 65.1 cm³/mol. The Hall–Kier alpha value is -2.43. The SMILES string of the molecule is Cc1cccc(-c2ncc[nH]2)n1.c1c[nH]cn1. The van der Waals surface area contributed by atoms with Gasteiger partial charge in [0.1, 0.15) is 5.69 Å². The van der Waals surface area contributed by atoms with Crippen molar-refractivity contribution in [3.8, 4) is 11.5 Å². The van der Waals surface area contributed by atoms with Crippen molar-refractivity contribution in [1.29, 1.82) is 0 Å². The Bertz CT molecular complexity index is 511. The van der Waals surface area contributed by atoms with Gasteiger partial charge in [0.15, 0.2) is 5.82 Å². The van der Waals surface area contributed by atoms with Gasteiger partial charge in [0.25, 0.3) is 0 Å². The summed E-state index contributed by atoms with van der Waals surface area (Å²) in [5.41, 5.74) is 1.89. The molecule has 3 aromatic rings. The number of imidazole rings is 2. The summed E-state index contributed by atoms with van der Waals surface area (Å²) in [7, 11) is 0. The van der Waals surface area contributed by atoms with E-state index in [0.717, 1.165) is 17.2 Å². The van der Waals surface area contributed by atoms with Gasteiger partial charge in [-0.15, -0.1) is 0 Å². The molecule has 0 saturated carbocycles. The molecule has 0 spiro atoms. The Morgan fingerprint density at radius 2 is 2.06 bits per heavy atom. The molecule has 0 aliphatic carbocycles. The molecule has 0 aliphatic heterocycles. The Labute approximate surface area is 99.0 Å². The summed E-state index contributed by atoms with van der Waals surface area (Å²) >= 11 is 0. The van der Waals surface area contributed by atoms with Crippen LogP contribution < -0.4 is 0 Å². The van der Waals surface area contributed by atoms with E-state index in [9.17, 15) is 0 Å². The highest BCUT2D eigenvalue weighted by Gasteiger charge is 1.99. The molecule has 0 bridgehead atoms. The molecule has 2 N–H and O–H groups in total. The van der Waals surface area contributed by atoms with Crippen LogP contribution in [0.15, 0.2) is 49.3 Å². The highest BCUT2D eigenvalue weighted by atomic mass is 14.9. The maximum absolute atomic E-state index is 4.32. The van der Waals surface area contributed by atoms with Crippen LogP contribution >= 0.6 is 0 Å². The van der Waals surface area contributed by atoms with Crippen LogP contribution in [-0.2, 0) is 0 Å². The number of aromatic amines is 2. The zero-order valence-electron chi connectivity index (χ0n) is 9.46. The van der Waals surface area contributed by atoms with Crippen LogP contribution in [0, 0.1) is 6.92 Å². The molecule has 0 aliphatic rings. The average Bonchev–Trinajstić information content (AvgIpc) is 3.06. The Morgan fingerprint density at radius 3 is 2.59 bits per heavy atom. The lowest BCUT2D eigenvalue weighted by Crippen LogP contribution is -1.87. The first kappa shape index (κ1) is 11.1. The van der Waals surface area contributed by atoms with Gasteiger partial charge >= 0.3 is 0 Å². The van der Waals surface area contributed by atoms with Crippen molar-refractivity contribution in [3.63, 3.8) is 0 Å². The number of rotatable bonds is 1. The van der Waals surface area contributed by atoms with Crippen LogP contribution in [-0.4, -0.2) is 24.9 Å². The normalized spacial score (nSPS) is 9.47. The largest absolute Gasteiger partial charge is 0.351 e. The van der Waals surface area contributed by atoms with E-state index in [1.807, 2.05) is 25.1 Å². The highest BCUT2D eigenvalue weighted by Crippen LogP contribution is 2.10. The number of aromatic nitrogens is 5. The van der Waals surface area contributed by atoms with Crippen LogP contribution in [0.1, 0.15) is 5.69 Å². The van der Waals surface area contributed by atoms with E-state index in [0.29, 0.717) is 0 Å². The topological polar surface area (TPSA) is 70.2 Å². The second-order valence-electron chi connectivity index (χ2n) is 3.36. The Balaban J connectivity index is 0.000000181. The van der Waals surface area contributed by atoms with Crippen LogP contribution in [0.25, 0.3) is 11.5 Å². The van der Waals surface area contributed by atoms with E-state index in [1.54, 1.807) is 31.1 Å². The maximum atomic E-state index is 4.32. The first-order chi connectivity index (χ1) is 8.36. The number of aryl methyl sites for hydroxylation is 1. The molecule has 0 amide bonds. The first-order valence-electron chi connectivity index (χ1n) is 5.22. The number of nitrogens with zero attached hydrogens (tertiary/aromatic N) is 3. The van der Waals surface area contributed by atoms with E-state index in [4.69, 9.17) is 0 Å². The number of hydrogen-bond donors (Lipinski definition) is 2. The summed E-state index contributed by atoms with van der Waals surface area (Å²) in [4.78, 5) is 17.9. The number of pyridine rings is 1. The van der Waals surface area contributed by atoms with Gasteiger partial charge in [0, 0.05) is 30.5 Å². The first-order valence-corrected chi connectivity index (χ1v) is 5.22. The zero-order valence-corrected chi connectivity index (χ0v) is 9.46. The minimum Gasteiger partial charge on any atom is -0.351 e. The molecule has 0 fully saturated rings. The van der Waals surface area contributed by atoms with Gasteiger partial charge in [-0.1, -0.05) is 6.07 Å². The highest BCUT2D eigenvalue weighted by molar-refractivity contribution is 5.48. The van der Waals surface area contributed by atoms with Gasteiger partial charge in [-0.2, -0.15) is 0 Å².